The fourth-order valence-electron chi connectivity index (χ4n) is 0.493. The van der Waals surface area contributed by atoms with E-state index in [1.54, 1.807) is 6.20 Å². The largest absolute Gasteiger partial charge is 0.413 e. The molecule has 4 heteroatoms. The van der Waals surface area contributed by atoms with Crippen molar-refractivity contribution in [1.82, 2.24) is 5.32 Å². The Kier molecular flexibility index (Phi) is 4.59. The second-order valence-corrected chi connectivity index (χ2v) is 2.84. The van der Waals surface area contributed by atoms with E-state index in [0.29, 0.717) is 0 Å². The minimum Gasteiger partial charge on any atom is -0.367 e. The summed E-state index contributed by atoms with van der Waals surface area (Å²) >= 11 is 0. The zero-order chi connectivity index (χ0) is 10.5. The zero-order valence-electron chi connectivity index (χ0n) is 8.00. The van der Waals surface area contributed by atoms with Crippen LogP contribution < -0.4 is 5.32 Å². The lowest BCUT2D eigenvalue weighted by atomic mass is 10.2. The quantitative estimate of drug-likeness (QED) is 0.724. The van der Waals surface area contributed by atoms with Crippen molar-refractivity contribution >= 4 is 0 Å². The maximum atomic E-state index is 11.9. The second kappa shape index (κ2) is 4.94. The summed E-state index contributed by atoms with van der Waals surface area (Å²) in [6, 6.07) is 0. The maximum Gasteiger partial charge on any atom is 0.413 e. The summed E-state index contributed by atoms with van der Waals surface area (Å²) in [6.07, 6.45) is -0.888. The first-order valence-electron chi connectivity index (χ1n) is 4.03. The third-order valence-electron chi connectivity index (χ3n) is 1.63. The molecule has 0 saturated carbocycles. The van der Waals surface area contributed by atoms with Gasteiger partial charge in [0.15, 0.2) is 0 Å². The fraction of sp³-hybridized carbons (Fsp3) is 0.556. The van der Waals surface area contributed by atoms with E-state index in [4.69, 9.17) is 0 Å². The minimum atomic E-state index is -4.24. The average Bonchev–Trinajstić information content (AvgIpc) is 2.02. The van der Waals surface area contributed by atoms with Crippen LogP contribution in [0.15, 0.2) is 23.5 Å². The van der Waals surface area contributed by atoms with Crippen LogP contribution in [0.25, 0.3) is 0 Å². The van der Waals surface area contributed by atoms with E-state index in [9.17, 15) is 13.2 Å². The van der Waals surface area contributed by atoms with Gasteiger partial charge in [-0.25, -0.2) is 0 Å². The first-order valence-corrected chi connectivity index (χ1v) is 4.03. The van der Waals surface area contributed by atoms with Gasteiger partial charge in [0.25, 0.3) is 0 Å². The van der Waals surface area contributed by atoms with Gasteiger partial charge in [-0.3, -0.25) is 0 Å². The molecule has 0 aliphatic heterocycles. The lowest BCUT2D eigenvalue weighted by Gasteiger charge is -2.05. The van der Waals surface area contributed by atoms with Crippen molar-refractivity contribution in [2.75, 3.05) is 0 Å². The summed E-state index contributed by atoms with van der Waals surface area (Å²) in [5.41, 5.74) is 0.374. The van der Waals surface area contributed by atoms with Crippen LogP contribution in [0.5, 0.6) is 0 Å². The fourth-order valence-corrected chi connectivity index (χ4v) is 0.493. The average molecular weight is 193 g/mol. The number of rotatable bonds is 3. The SMILES string of the molecule is CC/C(C)=C\N/C=C(\C)C(F)(F)F. The van der Waals surface area contributed by atoms with Crippen molar-refractivity contribution in [3.63, 3.8) is 0 Å². The first-order chi connectivity index (χ1) is 5.88. The molecule has 0 rings (SSSR count). The Morgan fingerprint density at radius 3 is 2.15 bits per heavy atom. The van der Waals surface area contributed by atoms with Crippen molar-refractivity contribution in [3.05, 3.63) is 23.5 Å². The van der Waals surface area contributed by atoms with Crippen LogP contribution in [0.3, 0.4) is 0 Å². The summed E-state index contributed by atoms with van der Waals surface area (Å²) in [4.78, 5) is 0. The molecule has 0 radical (unpaired) electrons. The van der Waals surface area contributed by atoms with Gasteiger partial charge in [-0.05, 0) is 26.5 Å². The van der Waals surface area contributed by atoms with Crippen molar-refractivity contribution in [2.24, 2.45) is 0 Å². The highest BCUT2D eigenvalue weighted by atomic mass is 19.4. The van der Waals surface area contributed by atoms with Gasteiger partial charge < -0.3 is 5.32 Å². The van der Waals surface area contributed by atoms with Crippen LogP contribution in [0.4, 0.5) is 13.2 Å². The Morgan fingerprint density at radius 2 is 1.77 bits per heavy atom. The molecule has 0 spiro atoms. The molecule has 0 unspecified atom stereocenters. The normalized spacial score (nSPS) is 14.6. The predicted octanol–water partition coefficient (Wildman–Crippen LogP) is 3.36. The van der Waals surface area contributed by atoms with Crippen LogP contribution in [0.2, 0.25) is 0 Å². The predicted molar refractivity (Wildman–Crippen MR) is 47.0 cm³/mol. The summed E-state index contributed by atoms with van der Waals surface area (Å²) in [5, 5.41) is 2.50. The summed E-state index contributed by atoms with van der Waals surface area (Å²) in [5.74, 6) is 0. The number of hydrogen-bond acceptors (Lipinski definition) is 1. The minimum absolute atomic E-state index is 0.632. The van der Waals surface area contributed by atoms with E-state index < -0.39 is 11.7 Å². The van der Waals surface area contributed by atoms with E-state index in [0.717, 1.165) is 25.1 Å². The number of nitrogens with one attached hydrogen (secondary N) is 1. The molecule has 0 heterocycles. The van der Waals surface area contributed by atoms with E-state index >= 15 is 0 Å². The highest BCUT2D eigenvalue weighted by Gasteiger charge is 2.29. The molecule has 0 bridgehead atoms. The number of allylic oxidation sites excluding steroid dienone is 2. The topological polar surface area (TPSA) is 12.0 Å². The van der Waals surface area contributed by atoms with Crippen LogP contribution in [-0.4, -0.2) is 6.18 Å². The molecule has 0 fully saturated rings. The van der Waals surface area contributed by atoms with Gasteiger partial charge in [0.1, 0.15) is 0 Å². The monoisotopic (exact) mass is 193 g/mol. The molecule has 0 amide bonds. The third kappa shape index (κ3) is 5.33. The van der Waals surface area contributed by atoms with E-state index in [2.05, 4.69) is 5.32 Å². The van der Waals surface area contributed by atoms with Gasteiger partial charge in [0.2, 0.25) is 0 Å². The first kappa shape index (κ1) is 12.1. The van der Waals surface area contributed by atoms with Gasteiger partial charge in [0, 0.05) is 11.8 Å². The molecular weight excluding hydrogens is 179 g/mol. The Bertz CT molecular complexity index is 213. The van der Waals surface area contributed by atoms with Gasteiger partial charge in [-0.15, -0.1) is 0 Å². The van der Waals surface area contributed by atoms with Crippen LogP contribution in [-0.2, 0) is 0 Å². The van der Waals surface area contributed by atoms with Gasteiger partial charge >= 0.3 is 6.18 Å². The van der Waals surface area contributed by atoms with Crippen molar-refractivity contribution < 1.29 is 13.2 Å². The molecule has 0 aromatic carbocycles. The molecule has 0 aliphatic rings. The van der Waals surface area contributed by atoms with Crippen LogP contribution in [0.1, 0.15) is 27.2 Å². The molecule has 13 heavy (non-hydrogen) atoms. The van der Waals surface area contributed by atoms with Gasteiger partial charge in [-0.2, -0.15) is 13.2 Å². The second-order valence-electron chi connectivity index (χ2n) is 2.84. The molecule has 0 aliphatic carbocycles. The molecular formula is C9H14F3N. The number of alkyl halides is 3. The van der Waals surface area contributed by atoms with E-state index in [-0.39, 0.29) is 0 Å². The summed E-state index contributed by atoms with van der Waals surface area (Å²) in [7, 11) is 0. The van der Waals surface area contributed by atoms with Crippen molar-refractivity contribution in [3.8, 4) is 0 Å². The molecule has 0 aromatic heterocycles. The lowest BCUT2D eigenvalue weighted by Crippen LogP contribution is -2.11. The highest BCUT2D eigenvalue weighted by Crippen LogP contribution is 2.23. The van der Waals surface area contributed by atoms with E-state index in [1.165, 1.54) is 0 Å². The molecule has 0 atom stereocenters. The highest BCUT2D eigenvalue weighted by molar-refractivity contribution is 5.07. The number of halogens is 3. The summed E-state index contributed by atoms with van der Waals surface area (Å²) in [6.45, 7) is 4.82. The van der Waals surface area contributed by atoms with Gasteiger partial charge in [-0.1, -0.05) is 12.5 Å². The van der Waals surface area contributed by atoms with Gasteiger partial charge in [0.05, 0.1) is 0 Å². The van der Waals surface area contributed by atoms with Crippen molar-refractivity contribution in [2.45, 2.75) is 33.4 Å². The third-order valence-corrected chi connectivity index (χ3v) is 1.63. The van der Waals surface area contributed by atoms with Crippen LogP contribution in [0, 0.1) is 0 Å². The smallest absolute Gasteiger partial charge is 0.367 e. The molecule has 1 nitrogen and oxygen atoms in total. The maximum absolute atomic E-state index is 11.9. The number of hydrogen-bond donors (Lipinski definition) is 1. The summed E-state index contributed by atoms with van der Waals surface area (Å²) < 4.78 is 35.8. The standard InChI is InChI=1S/C9H14F3N/c1-4-7(2)5-13-6-8(3)9(10,11)12/h5-6,13H,4H2,1-3H3/b7-5-,8-6+. The van der Waals surface area contributed by atoms with E-state index in [1.807, 2.05) is 13.8 Å². The van der Waals surface area contributed by atoms with Crippen LogP contribution >= 0.6 is 0 Å². The molecule has 1 N–H and O–H groups in total. The lowest BCUT2D eigenvalue weighted by molar-refractivity contribution is -0.0916. The molecule has 76 valence electrons. The Hall–Kier alpha value is -0.930. The molecule has 0 saturated heterocycles. The van der Waals surface area contributed by atoms with Crippen molar-refractivity contribution in [1.29, 1.82) is 0 Å². The zero-order valence-corrected chi connectivity index (χ0v) is 8.00. The Balaban J connectivity index is 4.14. The Morgan fingerprint density at radius 1 is 1.23 bits per heavy atom. The Labute approximate surface area is 76.3 Å². The molecule has 0 aromatic rings.